The van der Waals surface area contributed by atoms with Gasteiger partial charge in [0, 0.05) is 11.1 Å². The second kappa shape index (κ2) is 9.48. The van der Waals surface area contributed by atoms with Gasteiger partial charge in [-0.1, -0.05) is 66.2 Å². The van der Waals surface area contributed by atoms with Crippen LogP contribution in [0.15, 0.2) is 72.8 Å². The van der Waals surface area contributed by atoms with Crippen LogP contribution in [0.2, 0.25) is 5.02 Å². The summed E-state index contributed by atoms with van der Waals surface area (Å²) in [5.41, 5.74) is 6.35. The SMILES string of the molecule is Cc1ccc(Oc2nc3nc(-c4ccc(-c5ccccc5CO)cc4)c(Cl)cc3[nH]2)cc1C(O)O. The molecule has 4 N–H and O–H groups in total. The Morgan fingerprint density at radius 3 is 2.43 bits per heavy atom. The summed E-state index contributed by atoms with van der Waals surface area (Å²) in [6, 6.07) is 22.5. The quantitative estimate of drug-likeness (QED) is 0.235. The first-order chi connectivity index (χ1) is 16.9. The summed E-state index contributed by atoms with van der Waals surface area (Å²) in [4.78, 5) is 12.1. The molecule has 0 saturated carbocycles. The minimum Gasteiger partial charge on any atom is -0.426 e. The van der Waals surface area contributed by atoms with Gasteiger partial charge in [0.2, 0.25) is 0 Å². The number of benzene rings is 3. The van der Waals surface area contributed by atoms with E-state index in [9.17, 15) is 15.3 Å². The molecule has 8 heteroatoms. The molecule has 0 bridgehead atoms. The summed E-state index contributed by atoms with van der Waals surface area (Å²) in [6.07, 6.45) is -1.60. The van der Waals surface area contributed by atoms with E-state index in [1.54, 1.807) is 31.2 Å². The highest BCUT2D eigenvalue weighted by Crippen LogP contribution is 2.33. The molecule has 5 aromatic rings. The lowest BCUT2D eigenvalue weighted by molar-refractivity contribution is -0.0430. The van der Waals surface area contributed by atoms with Crippen LogP contribution in [0.1, 0.15) is 23.0 Å². The van der Waals surface area contributed by atoms with Crippen molar-refractivity contribution < 1.29 is 20.1 Å². The van der Waals surface area contributed by atoms with Crippen LogP contribution in [0, 0.1) is 6.92 Å². The van der Waals surface area contributed by atoms with Crippen molar-refractivity contribution in [2.24, 2.45) is 0 Å². The molecule has 0 radical (unpaired) electrons. The third-order valence-electron chi connectivity index (χ3n) is 5.81. The van der Waals surface area contributed by atoms with Crippen LogP contribution in [0.3, 0.4) is 0 Å². The largest absolute Gasteiger partial charge is 0.426 e. The fourth-order valence-corrected chi connectivity index (χ4v) is 4.23. The van der Waals surface area contributed by atoms with Gasteiger partial charge in [-0.15, -0.1) is 0 Å². The number of aliphatic hydroxyl groups is 3. The molecule has 0 atom stereocenters. The van der Waals surface area contributed by atoms with E-state index in [4.69, 9.17) is 16.3 Å². The Hall–Kier alpha value is -3.75. The molecule has 0 spiro atoms. The molecule has 0 unspecified atom stereocenters. The zero-order valence-corrected chi connectivity index (χ0v) is 19.5. The lowest BCUT2D eigenvalue weighted by atomic mass is 9.98. The first-order valence-electron chi connectivity index (χ1n) is 10.9. The Labute approximate surface area is 206 Å². The fourth-order valence-electron chi connectivity index (χ4n) is 3.97. The average Bonchev–Trinajstić information content (AvgIpc) is 3.25. The van der Waals surface area contributed by atoms with Gasteiger partial charge in [0.1, 0.15) is 5.75 Å². The van der Waals surface area contributed by atoms with Crippen molar-refractivity contribution in [3.8, 4) is 34.1 Å². The van der Waals surface area contributed by atoms with Crippen molar-refractivity contribution in [1.82, 2.24) is 15.0 Å². The summed E-state index contributed by atoms with van der Waals surface area (Å²) in [5.74, 6) is 0.405. The van der Waals surface area contributed by atoms with Crippen LogP contribution in [0.5, 0.6) is 11.8 Å². The second-order valence-electron chi connectivity index (χ2n) is 8.12. The molecule has 2 aromatic heterocycles. The highest BCUT2D eigenvalue weighted by Gasteiger charge is 2.14. The van der Waals surface area contributed by atoms with Gasteiger partial charge in [-0.3, -0.25) is 0 Å². The van der Waals surface area contributed by atoms with E-state index in [1.807, 2.05) is 48.5 Å². The highest BCUT2D eigenvalue weighted by molar-refractivity contribution is 6.33. The number of nitrogens with zero attached hydrogens (tertiary/aromatic N) is 2. The maximum atomic E-state index is 9.62. The molecule has 0 fully saturated rings. The number of hydrogen-bond donors (Lipinski definition) is 4. The van der Waals surface area contributed by atoms with E-state index in [0.29, 0.717) is 33.2 Å². The Kier molecular flexibility index (Phi) is 6.23. The zero-order chi connectivity index (χ0) is 24.5. The van der Waals surface area contributed by atoms with E-state index in [2.05, 4.69) is 15.0 Å². The molecule has 7 nitrogen and oxygen atoms in total. The van der Waals surface area contributed by atoms with Gasteiger partial charge in [0.25, 0.3) is 0 Å². The number of imidazole rings is 1. The molecule has 5 rings (SSSR count). The number of nitrogens with one attached hydrogen (secondary N) is 1. The molecule has 0 aliphatic heterocycles. The molecular formula is C27H22ClN3O4. The Morgan fingerprint density at radius 1 is 0.943 bits per heavy atom. The van der Waals surface area contributed by atoms with E-state index in [0.717, 1.165) is 27.8 Å². The Balaban J connectivity index is 1.44. The number of pyridine rings is 1. The molecule has 176 valence electrons. The van der Waals surface area contributed by atoms with Gasteiger partial charge < -0.3 is 25.0 Å². The molecule has 0 aliphatic carbocycles. The van der Waals surface area contributed by atoms with Gasteiger partial charge in [-0.05, 0) is 47.4 Å². The molecule has 3 aromatic carbocycles. The fraction of sp³-hybridized carbons (Fsp3) is 0.111. The minimum absolute atomic E-state index is 0.0317. The van der Waals surface area contributed by atoms with Gasteiger partial charge in [0.15, 0.2) is 11.9 Å². The van der Waals surface area contributed by atoms with Crippen molar-refractivity contribution in [1.29, 1.82) is 0 Å². The van der Waals surface area contributed by atoms with Gasteiger partial charge >= 0.3 is 6.01 Å². The first kappa shape index (κ1) is 23.0. The summed E-state index contributed by atoms with van der Waals surface area (Å²) >= 11 is 6.54. The minimum atomic E-state index is -1.60. The van der Waals surface area contributed by atoms with E-state index in [1.165, 1.54) is 0 Å². The van der Waals surface area contributed by atoms with E-state index in [-0.39, 0.29) is 12.6 Å². The lowest BCUT2D eigenvalue weighted by Gasteiger charge is -2.10. The second-order valence-corrected chi connectivity index (χ2v) is 8.53. The zero-order valence-electron chi connectivity index (χ0n) is 18.7. The third-order valence-corrected chi connectivity index (χ3v) is 6.09. The van der Waals surface area contributed by atoms with Crippen LogP contribution < -0.4 is 4.74 Å². The number of aromatic nitrogens is 3. The predicted molar refractivity (Wildman–Crippen MR) is 134 cm³/mol. The molecule has 0 aliphatic rings. The average molecular weight is 488 g/mol. The summed E-state index contributed by atoms with van der Waals surface area (Å²) in [7, 11) is 0. The van der Waals surface area contributed by atoms with Crippen LogP contribution in [-0.4, -0.2) is 30.3 Å². The number of hydrogen-bond acceptors (Lipinski definition) is 6. The van der Waals surface area contributed by atoms with Crippen molar-refractivity contribution in [2.45, 2.75) is 19.8 Å². The summed E-state index contributed by atoms with van der Waals surface area (Å²) < 4.78 is 5.79. The number of aliphatic hydroxyl groups excluding tert-OH is 2. The number of rotatable bonds is 6. The van der Waals surface area contributed by atoms with Gasteiger partial charge in [0.05, 0.1) is 22.8 Å². The highest BCUT2D eigenvalue weighted by atomic mass is 35.5. The monoisotopic (exact) mass is 487 g/mol. The molecular weight excluding hydrogens is 466 g/mol. The standard InChI is InChI=1S/C27H22ClN3O4/c1-15-6-11-19(12-21(15)26(33)34)35-27-29-23-13-22(28)24(30-25(23)31-27)17-9-7-16(8-10-17)20-5-3-2-4-18(20)14-32/h2-13,26,32-34H,14H2,1H3,(H,29,30,31). The number of aryl methyl sites for hydroxylation is 1. The van der Waals surface area contributed by atoms with E-state index < -0.39 is 6.29 Å². The molecule has 0 saturated heterocycles. The summed E-state index contributed by atoms with van der Waals surface area (Å²) in [6.45, 7) is 1.75. The van der Waals surface area contributed by atoms with Crippen LogP contribution in [0.4, 0.5) is 0 Å². The molecule has 0 amide bonds. The number of H-pyrrole nitrogens is 1. The van der Waals surface area contributed by atoms with Crippen molar-refractivity contribution in [3.63, 3.8) is 0 Å². The maximum Gasteiger partial charge on any atom is 0.301 e. The van der Waals surface area contributed by atoms with E-state index >= 15 is 0 Å². The normalized spacial score (nSPS) is 11.4. The maximum absolute atomic E-state index is 9.62. The smallest absolute Gasteiger partial charge is 0.301 e. The summed E-state index contributed by atoms with van der Waals surface area (Å²) in [5, 5.41) is 29.1. The van der Waals surface area contributed by atoms with Crippen LogP contribution in [-0.2, 0) is 6.61 Å². The van der Waals surface area contributed by atoms with Crippen molar-refractivity contribution >= 4 is 22.8 Å². The van der Waals surface area contributed by atoms with Crippen molar-refractivity contribution in [3.05, 3.63) is 94.5 Å². The Bertz CT molecular complexity index is 1510. The number of halogens is 1. The number of aromatic amines is 1. The van der Waals surface area contributed by atoms with Crippen molar-refractivity contribution in [2.75, 3.05) is 0 Å². The number of fused-ring (bicyclic) bond motifs is 1. The predicted octanol–water partition coefficient (Wildman–Crippen LogP) is 5.52. The topological polar surface area (TPSA) is 111 Å². The Morgan fingerprint density at radius 2 is 1.69 bits per heavy atom. The van der Waals surface area contributed by atoms with Gasteiger partial charge in [-0.2, -0.15) is 4.98 Å². The molecule has 2 heterocycles. The third kappa shape index (κ3) is 4.62. The van der Waals surface area contributed by atoms with Crippen LogP contribution in [0.25, 0.3) is 33.5 Å². The lowest BCUT2D eigenvalue weighted by Crippen LogP contribution is -1.98. The first-order valence-corrected chi connectivity index (χ1v) is 11.3. The van der Waals surface area contributed by atoms with Gasteiger partial charge in [-0.25, -0.2) is 4.98 Å². The number of ether oxygens (including phenoxy) is 1. The van der Waals surface area contributed by atoms with Crippen LogP contribution >= 0.6 is 11.6 Å². The molecule has 35 heavy (non-hydrogen) atoms.